The van der Waals surface area contributed by atoms with Crippen molar-refractivity contribution in [2.24, 2.45) is 5.73 Å². The van der Waals surface area contributed by atoms with Gasteiger partial charge in [0.1, 0.15) is 0 Å². The molecule has 0 bridgehead atoms. The number of hydrogen-bond donors (Lipinski definition) is 1. The molecule has 1 aromatic rings. The van der Waals surface area contributed by atoms with Gasteiger partial charge in [-0.2, -0.15) is 0 Å². The topological polar surface area (TPSA) is 66.0 Å². The molecule has 92 valence electrons. The lowest BCUT2D eigenvalue weighted by atomic mass is 10.1. The summed E-state index contributed by atoms with van der Waals surface area (Å²) >= 11 is 0. The van der Waals surface area contributed by atoms with Gasteiger partial charge in [-0.1, -0.05) is 19.1 Å². The van der Waals surface area contributed by atoms with E-state index >= 15 is 0 Å². The lowest BCUT2D eigenvalue weighted by Crippen LogP contribution is -2.18. The second-order valence-electron chi connectivity index (χ2n) is 3.89. The van der Waals surface area contributed by atoms with Crippen molar-refractivity contribution in [3.8, 4) is 0 Å². The molecule has 0 fully saturated rings. The summed E-state index contributed by atoms with van der Waals surface area (Å²) in [4.78, 5) is 0. The molecule has 2 N–H and O–H groups in total. The number of aryl methyl sites for hydroxylation is 1. The van der Waals surface area contributed by atoms with Gasteiger partial charge in [0.05, 0.1) is 17.9 Å². The Labute approximate surface area is 97.0 Å². The normalized spacial score (nSPS) is 12.9. The third-order valence-electron chi connectivity index (χ3n) is 2.38. The van der Waals surface area contributed by atoms with Crippen LogP contribution in [0.25, 0.3) is 0 Å². The predicted octanol–water partition coefficient (Wildman–Crippen LogP) is 1.50. The molecule has 1 heterocycles. The van der Waals surface area contributed by atoms with Crippen molar-refractivity contribution in [1.82, 2.24) is 15.0 Å². The molecule has 0 spiro atoms. The Morgan fingerprint density at radius 2 is 2.19 bits per heavy atom. The molecule has 0 aliphatic rings. The molecule has 1 unspecified atom stereocenters. The Bertz CT molecular complexity index is 287. The van der Waals surface area contributed by atoms with E-state index in [4.69, 9.17) is 10.5 Å². The predicted molar refractivity (Wildman–Crippen MR) is 63.0 cm³/mol. The fourth-order valence-corrected chi connectivity index (χ4v) is 1.54. The molecule has 1 atom stereocenters. The van der Waals surface area contributed by atoms with Crippen molar-refractivity contribution in [2.45, 2.75) is 45.7 Å². The zero-order valence-corrected chi connectivity index (χ0v) is 10.2. The molecule has 0 radical (unpaired) electrons. The van der Waals surface area contributed by atoms with Crippen LogP contribution in [0.1, 0.15) is 44.8 Å². The summed E-state index contributed by atoms with van der Waals surface area (Å²) in [5.74, 6) is 0. The van der Waals surface area contributed by atoms with Gasteiger partial charge in [0.15, 0.2) is 0 Å². The van der Waals surface area contributed by atoms with E-state index in [0.29, 0.717) is 6.61 Å². The highest BCUT2D eigenvalue weighted by molar-refractivity contribution is 5.00. The Kier molecular flexibility index (Phi) is 6.03. The first-order valence-electron chi connectivity index (χ1n) is 6.01. The number of nitrogens with two attached hydrogens (primary N) is 1. The highest BCUT2D eigenvalue weighted by Crippen LogP contribution is 2.12. The van der Waals surface area contributed by atoms with E-state index in [2.05, 4.69) is 24.2 Å². The molecule has 0 aliphatic carbocycles. The maximum absolute atomic E-state index is 6.07. The van der Waals surface area contributed by atoms with Crippen LogP contribution in [0.5, 0.6) is 0 Å². The maximum atomic E-state index is 6.07. The summed E-state index contributed by atoms with van der Waals surface area (Å²) in [6.45, 7) is 6.59. The van der Waals surface area contributed by atoms with Crippen molar-refractivity contribution in [3.05, 3.63) is 11.9 Å². The van der Waals surface area contributed by atoms with Gasteiger partial charge in [0, 0.05) is 19.8 Å². The minimum absolute atomic E-state index is 0.0293. The fraction of sp³-hybridized carbons (Fsp3) is 0.818. The molecular formula is C11H22N4O. The first kappa shape index (κ1) is 13.1. The first-order chi connectivity index (χ1) is 7.79. The summed E-state index contributed by atoms with van der Waals surface area (Å²) in [6, 6.07) is -0.0293. The van der Waals surface area contributed by atoms with Gasteiger partial charge in [-0.15, -0.1) is 5.10 Å². The van der Waals surface area contributed by atoms with Crippen LogP contribution >= 0.6 is 0 Å². The van der Waals surface area contributed by atoms with Crippen molar-refractivity contribution >= 4 is 0 Å². The molecule has 0 aliphatic heterocycles. The third-order valence-corrected chi connectivity index (χ3v) is 2.38. The molecular weight excluding hydrogens is 204 g/mol. The number of rotatable bonds is 8. The molecule has 0 amide bonds. The molecule has 0 aromatic carbocycles. The van der Waals surface area contributed by atoms with E-state index in [-0.39, 0.29) is 6.04 Å². The van der Waals surface area contributed by atoms with Crippen LogP contribution in [0.4, 0.5) is 0 Å². The molecule has 0 saturated carbocycles. The summed E-state index contributed by atoms with van der Waals surface area (Å²) in [5.41, 5.74) is 7.07. The average molecular weight is 226 g/mol. The number of nitrogens with zero attached hydrogens (tertiary/aromatic N) is 3. The van der Waals surface area contributed by atoms with E-state index < -0.39 is 0 Å². The van der Waals surface area contributed by atoms with Crippen LogP contribution in [0.2, 0.25) is 0 Å². The van der Waals surface area contributed by atoms with Crippen LogP contribution in [0.15, 0.2) is 6.20 Å². The summed E-state index contributed by atoms with van der Waals surface area (Å²) < 4.78 is 7.30. The first-order valence-corrected chi connectivity index (χ1v) is 6.01. The van der Waals surface area contributed by atoms with Gasteiger partial charge in [-0.3, -0.25) is 0 Å². The Hall–Kier alpha value is -0.940. The Morgan fingerprint density at radius 1 is 1.38 bits per heavy atom. The molecule has 16 heavy (non-hydrogen) atoms. The number of hydrogen-bond acceptors (Lipinski definition) is 4. The van der Waals surface area contributed by atoms with Gasteiger partial charge >= 0.3 is 0 Å². The van der Waals surface area contributed by atoms with Crippen LogP contribution in [0.3, 0.4) is 0 Å². The van der Waals surface area contributed by atoms with Crippen LogP contribution < -0.4 is 5.73 Å². The lowest BCUT2D eigenvalue weighted by Gasteiger charge is -2.12. The highest BCUT2D eigenvalue weighted by atomic mass is 16.5. The van der Waals surface area contributed by atoms with Gasteiger partial charge in [0.2, 0.25) is 0 Å². The van der Waals surface area contributed by atoms with E-state index in [1.165, 1.54) is 0 Å². The minimum atomic E-state index is -0.0293. The van der Waals surface area contributed by atoms with Crippen molar-refractivity contribution in [3.63, 3.8) is 0 Å². The van der Waals surface area contributed by atoms with Gasteiger partial charge in [0.25, 0.3) is 0 Å². The van der Waals surface area contributed by atoms with Gasteiger partial charge in [-0.25, -0.2) is 4.68 Å². The van der Waals surface area contributed by atoms with Crippen molar-refractivity contribution in [2.75, 3.05) is 13.2 Å². The van der Waals surface area contributed by atoms with E-state index in [9.17, 15) is 0 Å². The molecule has 1 aromatic heterocycles. The standard InChI is InChI=1S/C11H22N4O/c1-3-6-15-11(9-13-14-15)10(12)5-8-16-7-4-2/h9-10H,3-8,12H2,1-2H3. The molecule has 1 rings (SSSR count). The summed E-state index contributed by atoms with van der Waals surface area (Å²) in [6.07, 6.45) is 4.65. The lowest BCUT2D eigenvalue weighted by molar-refractivity contribution is 0.127. The van der Waals surface area contributed by atoms with Crippen LogP contribution in [0, 0.1) is 0 Å². The fourth-order valence-electron chi connectivity index (χ4n) is 1.54. The minimum Gasteiger partial charge on any atom is -0.381 e. The van der Waals surface area contributed by atoms with Crippen molar-refractivity contribution < 1.29 is 4.74 Å². The molecule has 5 nitrogen and oxygen atoms in total. The van der Waals surface area contributed by atoms with E-state index in [1.807, 2.05) is 4.68 Å². The molecule has 0 saturated heterocycles. The Morgan fingerprint density at radius 3 is 2.88 bits per heavy atom. The zero-order valence-electron chi connectivity index (χ0n) is 10.2. The number of aromatic nitrogens is 3. The van der Waals surface area contributed by atoms with Gasteiger partial charge < -0.3 is 10.5 Å². The second kappa shape index (κ2) is 7.35. The maximum Gasteiger partial charge on any atom is 0.0755 e. The van der Waals surface area contributed by atoms with E-state index in [1.54, 1.807) is 6.20 Å². The van der Waals surface area contributed by atoms with Crippen molar-refractivity contribution in [1.29, 1.82) is 0 Å². The largest absolute Gasteiger partial charge is 0.381 e. The monoisotopic (exact) mass is 226 g/mol. The van der Waals surface area contributed by atoms with Gasteiger partial charge in [-0.05, 0) is 19.3 Å². The van der Waals surface area contributed by atoms with E-state index in [0.717, 1.165) is 38.1 Å². The number of ether oxygens (including phenoxy) is 1. The van der Waals surface area contributed by atoms with Crippen LogP contribution in [-0.2, 0) is 11.3 Å². The smallest absolute Gasteiger partial charge is 0.0755 e. The SMILES string of the molecule is CCCOCCC(N)c1cnnn1CCC. The quantitative estimate of drug-likeness (QED) is 0.682. The second-order valence-corrected chi connectivity index (χ2v) is 3.89. The average Bonchev–Trinajstić information content (AvgIpc) is 2.73. The highest BCUT2D eigenvalue weighted by Gasteiger charge is 2.11. The Balaban J connectivity index is 2.39. The zero-order chi connectivity index (χ0) is 11.8. The molecule has 5 heteroatoms. The third kappa shape index (κ3) is 3.90. The summed E-state index contributed by atoms with van der Waals surface area (Å²) in [7, 11) is 0. The summed E-state index contributed by atoms with van der Waals surface area (Å²) in [5, 5.41) is 7.92. The van der Waals surface area contributed by atoms with Crippen LogP contribution in [-0.4, -0.2) is 28.2 Å².